The summed E-state index contributed by atoms with van der Waals surface area (Å²) >= 11 is 0. The van der Waals surface area contributed by atoms with Crippen molar-refractivity contribution in [3.8, 4) is 0 Å². The zero-order valence-corrected chi connectivity index (χ0v) is 15.0. The van der Waals surface area contributed by atoms with Gasteiger partial charge in [-0.2, -0.15) is 0 Å². The maximum atomic E-state index is 4.91. The van der Waals surface area contributed by atoms with Gasteiger partial charge in [-0.25, -0.2) is 0 Å². The Balaban J connectivity index is 1.52. The second kappa shape index (κ2) is 5.82. The molecule has 2 fully saturated rings. The van der Waals surface area contributed by atoms with E-state index in [0.717, 1.165) is 44.4 Å². The zero-order valence-electron chi connectivity index (χ0n) is 15.0. The van der Waals surface area contributed by atoms with Crippen molar-refractivity contribution in [2.75, 3.05) is 33.2 Å². The van der Waals surface area contributed by atoms with Crippen LogP contribution in [0.1, 0.15) is 33.4 Å². The SMILES string of the molecule is CN=C(NC1C(C)(C)C1(C)C)N1CCN(Cc2ccon2)CC1. The van der Waals surface area contributed by atoms with Crippen molar-refractivity contribution in [1.29, 1.82) is 0 Å². The second-order valence-electron chi connectivity index (χ2n) is 7.82. The first kappa shape index (κ1) is 16.3. The normalized spacial score (nSPS) is 24.7. The van der Waals surface area contributed by atoms with Gasteiger partial charge in [-0.05, 0) is 10.8 Å². The van der Waals surface area contributed by atoms with Crippen molar-refractivity contribution >= 4 is 5.96 Å². The molecular formula is C17H29N5O. The van der Waals surface area contributed by atoms with Crippen molar-refractivity contribution in [3.05, 3.63) is 18.0 Å². The molecule has 0 unspecified atom stereocenters. The molecule has 0 amide bonds. The molecule has 2 heterocycles. The molecule has 1 aromatic heterocycles. The molecule has 1 N–H and O–H groups in total. The van der Waals surface area contributed by atoms with Gasteiger partial charge in [-0.3, -0.25) is 9.89 Å². The number of aliphatic imine (C=N–C) groups is 1. The average Bonchev–Trinajstić information content (AvgIpc) is 2.91. The molecule has 2 aliphatic rings. The van der Waals surface area contributed by atoms with Crippen LogP contribution in [0.4, 0.5) is 0 Å². The average molecular weight is 319 g/mol. The highest BCUT2D eigenvalue weighted by molar-refractivity contribution is 5.81. The van der Waals surface area contributed by atoms with Crippen LogP contribution < -0.4 is 5.32 Å². The molecule has 1 aromatic rings. The molecular weight excluding hydrogens is 290 g/mol. The van der Waals surface area contributed by atoms with Gasteiger partial charge in [-0.15, -0.1) is 0 Å². The van der Waals surface area contributed by atoms with E-state index in [1.54, 1.807) is 6.26 Å². The molecule has 0 atom stereocenters. The topological polar surface area (TPSA) is 56.9 Å². The molecule has 6 nitrogen and oxygen atoms in total. The monoisotopic (exact) mass is 319 g/mol. The summed E-state index contributed by atoms with van der Waals surface area (Å²) in [6, 6.07) is 2.42. The molecule has 0 spiro atoms. The second-order valence-corrected chi connectivity index (χ2v) is 7.82. The third-order valence-electron chi connectivity index (χ3n) is 6.05. The highest BCUT2D eigenvalue weighted by Gasteiger charge is 2.65. The Bertz CT molecular complexity index is 542. The molecule has 1 aliphatic carbocycles. The van der Waals surface area contributed by atoms with E-state index in [1.807, 2.05) is 13.1 Å². The van der Waals surface area contributed by atoms with E-state index in [1.165, 1.54) is 0 Å². The molecule has 1 saturated carbocycles. The van der Waals surface area contributed by atoms with E-state index in [0.29, 0.717) is 16.9 Å². The van der Waals surface area contributed by atoms with Gasteiger partial charge in [0.25, 0.3) is 0 Å². The van der Waals surface area contributed by atoms with Crippen molar-refractivity contribution in [1.82, 2.24) is 20.3 Å². The Morgan fingerprint density at radius 2 is 1.91 bits per heavy atom. The van der Waals surface area contributed by atoms with E-state index < -0.39 is 0 Å². The maximum absolute atomic E-state index is 4.91. The number of nitrogens with one attached hydrogen (secondary N) is 1. The first-order chi connectivity index (χ1) is 10.9. The lowest BCUT2D eigenvalue weighted by atomic mass is 10.0. The third kappa shape index (κ3) is 2.96. The predicted octanol–water partition coefficient (Wildman–Crippen LogP) is 1.80. The van der Waals surface area contributed by atoms with Gasteiger partial charge in [0, 0.05) is 51.9 Å². The fourth-order valence-electron chi connectivity index (χ4n) is 3.65. The Labute approximate surface area is 138 Å². The van der Waals surface area contributed by atoms with Gasteiger partial charge in [-0.1, -0.05) is 32.9 Å². The fraction of sp³-hybridized carbons (Fsp3) is 0.765. The molecule has 1 saturated heterocycles. The van der Waals surface area contributed by atoms with Crippen molar-refractivity contribution in [2.24, 2.45) is 15.8 Å². The summed E-state index contributed by atoms with van der Waals surface area (Å²) < 4.78 is 4.91. The Kier molecular flexibility index (Phi) is 4.12. The number of rotatable bonds is 3. The minimum atomic E-state index is 0.317. The molecule has 23 heavy (non-hydrogen) atoms. The van der Waals surface area contributed by atoms with E-state index in [2.05, 4.69) is 53.0 Å². The highest BCUT2D eigenvalue weighted by atomic mass is 16.5. The predicted molar refractivity (Wildman–Crippen MR) is 91.2 cm³/mol. The molecule has 1 aliphatic heterocycles. The lowest BCUT2D eigenvalue weighted by molar-refractivity contribution is 0.168. The maximum Gasteiger partial charge on any atom is 0.193 e. The fourth-order valence-corrected chi connectivity index (χ4v) is 3.65. The lowest BCUT2D eigenvalue weighted by Gasteiger charge is -2.36. The minimum absolute atomic E-state index is 0.317. The van der Waals surface area contributed by atoms with Crippen LogP contribution in [0.15, 0.2) is 21.8 Å². The van der Waals surface area contributed by atoms with Crippen LogP contribution in [0.3, 0.4) is 0 Å². The molecule has 6 heteroatoms. The molecule has 3 rings (SSSR count). The van der Waals surface area contributed by atoms with Crippen LogP contribution in [-0.2, 0) is 6.54 Å². The van der Waals surface area contributed by atoms with Crippen LogP contribution in [0.25, 0.3) is 0 Å². The number of hydrogen-bond donors (Lipinski definition) is 1. The summed E-state index contributed by atoms with van der Waals surface area (Å²) in [6.07, 6.45) is 1.64. The third-order valence-corrected chi connectivity index (χ3v) is 6.05. The van der Waals surface area contributed by atoms with Gasteiger partial charge in [0.2, 0.25) is 0 Å². The summed E-state index contributed by atoms with van der Waals surface area (Å²) in [6.45, 7) is 14.2. The van der Waals surface area contributed by atoms with Crippen LogP contribution in [0, 0.1) is 10.8 Å². The van der Waals surface area contributed by atoms with Gasteiger partial charge in [0.15, 0.2) is 5.96 Å². The van der Waals surface area contributed by atoms with Crippen molar-refractivity contribution in [3.63, 3.8) is 0 Å². The first-order valence-electron chi connectivity index (χ1n) is 8.46. The summed E-state index contributed by atoms with van der Waals surface area (Å²) in [5.41, 5.74) is 1.64. The lowest BCUT2D eigenvalue weighted by Crippen LogP contribution is -2.53. The number of hydrogen-bond acceptors (Lipinski definition) is 4. The van der Waals surface area contributed by atoms with Gasteiger partial charge >= 0.3 is 0 Å². The summed E-state index contributed by atoms with van der Waals surface area (Å²) in [5, 5.41) is 7.68. The summed E-state index contributed by atoms with van der Waals surface area (Å²) in [4.78, 5) is 9.28. The Hall–Kier alpha value is -1.56. The first-order valence-corrected chi connectivity index (χ1v) is 8.46. The molecule has 0 aromatic carbocycles. The van der Waals surface area contributed by atoms with E-state index in [9.17, 15) is 0 Å². The van der Waals surface area contributed by atoms with Crippen molar-refractivity contribution in [2.45, 2.75) is 40.3 Å². The van der Waals surface area contributed by atoms with E-state index >= 15 is 0 Å². The van der Waals surface area contributed by atoms with Crippen LogP contribution in [0.5, 0.6) is 0 Å². The number of aromatic nitrogens is 1. The van der Waals surface area contributed by atoms with Crippen LogP contribution in [-0.4, -0.2) is 60.2 Å². The minimum Gasteiger partial charge on any atom is -0.364 e. The van der Waals surface area contributed by atoms with Gasteiger partial charge < -0.3 is 14.7 Å². The molecule has 0 radical (unpaired) electrons. The van der Waals surface area contributed by atoms with Gasteiger partial charge in [0.1, 0.15) is 6.26 Å². The van der Waals surface area contributed by atoms with E-state index in [4.69, 9.17) is 4.52 Å². The standard InChI is InChI=1S/C17H29N5O/c1-16(2)14(17(16,3)4)19-15(18-5)22-9-7-21(8-10-22)12-13-6-11-23-20-13/h6,11,14H,7-10,12H2,1-5H3,(H,18,19). The van der Waals surface area contributed by atoms with Crippen LogP contribution in [0.2, 0.25) is 0 Å². The van der Waals surface area contributed by atoms with E-state index in [-0.39, 0.29) is 0 Å². The largest absolute Gasteiger partial charge is 0.364 e. The molecule has 128 valence electrons. The Morgan fingerprint density at radius 1 is 1.26 bits per heavy atom. The van der Waals surface area contributed by atoms with Crippen LogP contribution >= 0.6 is 0 Å². The number of guanidine groups is 1. The van der Waals surface area contributed by atoms with Gasteiger partial charge in [0.05, 0.1) is 5.69 Å². The number of nitrogens with zero attached hydrogens (tertiary/aromatic N) is 4. The Morgan fingerprint density at radius 3 is 2.39 bits per heavy atom. The molecule has 0 bridgehead atoms. The summed E-state index contributed by atoms with van der Waals surface area (Å²) in [7, 11) is 1.88. The smallest absolute Gasteiger partial charge is 0.193 e. The van der Waals surface area contributed by atoms with Crippen molar-refractivity contribution < 1.29 is 4.52 Å². The number of piperazine rings is 1. The summed E-state index contributed by atoms with van der Waals surface area (Å²) in [5.74, 6) is 1.04. The quantitative estimate of drug-likeness (QED) is 0.680. The highest BCUT2D eigenvalue weighted by Crippen LogP contribution is 2.62. The zero-order chi connectivity index (χ0) is 16.7.